The van der Waals surface area contributed by atoms with Gasteiger partial charge in [-0.05, 0) is 37.8 Å². The van der Waals surface area contributed by atoms with Gasteiger partial charge in [0.25, 0.3) is 0 Å². The van der Waals surface area contributed by atoms with Gasteiger partial charge in [0.05, 0.1) is 13.0 Å². The summed E-state index contributed by atoms with van der Waals surface area (Å²) in [4.78, 5) is 11.5. The minimum Gasteiger partial charge on any atom is -0.466 e. The summed E-state index contributed by atoms with van der Waals surface area (Å²) in [6.07, 6.45) is 2.47. The maximum absolute atomic E-state index is 11.5. The molecule has 0 saturated heterocycles. The molecule has 1 aromatic rings. The lowest BCUT2D eigenvalue weighted by Crippen LogP contribution is -2.12. The molecule has 1 rings (SSSR count). The zero-order valence-electron chi connectivity index (χ0n) is 12.2. The molecule has 19 heavy (non-hydrogen) atoms. The van der Waals surface area contributed by atoms with Gasteiger partial charge in [0.1, 0.15) is 0 Å². The fraction of sp³-hybridized carbons (Fsp3) is 0.562. The molecule has 0 atom stereocenters. The highest BCUT2D eigenvalue weighted by Gasteiger charge is 2.03. The quantitative estimate of drug-likeness (QED) is 0.573. The molecule has 0 fully saturated rings. The second-order valence-corrected chi connectivity index (χ2v) is 5.30. The van der Waals surface area contributed by atoms with Crippen molar-refractivity contribution in [3.63, 3.8) is 0 Å². The van der Waals surface area contributed by atoms with Crippen LogP contribution in [0.2, 0.25) is 0 Å². The smallest absolute Gasteiger partial charge is 0.307 e. The molecule has 0 unspecified atom stereocenters. The van der Waals surface area contributed by atoms with E-state index in [2.05, 4.69) is 26.1 Å². The maximum atomic E-state index is 11.5. The predicted molar refractivity (Wildman–Crippen MR) is 79.3 cm³/mol. The van der Waals surface area contributed by atoms with Crippen LogP contribution in [0, 0.1) is 12.8 Å². The molecule has 3 nitrogen and oxygen atoms in total. The van der Waals surface area contributed by atoms with Gasteiger partial charge in [0.2, 0.25) is 0 Å². The normalized spacial score (nSPS) is 10.5. The summed E-state index contributed by atoms with van der Waals surface area (Å²) in [6, 6.07) is 8.13. The summed E-state index contributed by atoms with van der Waals surface area (Å²) >= 11 is 0. The zero-order valence-corrected chi connectivity index (χ0v) is 12.2. The van der Waals surface area contributed by atoms with Crippen molar-refractivity contribution in [1.29, 1.82) is 0 Å². The van der Waals surface area contributed by atoms with E-state index in [1.807, 2.05) is 24.3 Å². The molecule has 0 saturated carbocycles. The van der Waals surface area contributed by atoms with Crippen molar-refractivity contribution in [3.8, 4) is 0 Å². The second kappa shape index (κ2) is 8.57. The number of carbonyl (C=O) groups is 1. The number of hydrogen-bond donors (Lipinski definition) is 1. The van der Waals surface area contributed by atoms with Crippen LogP contribution in [0.4, 0.5) is 5.69 Å². The van der Waals surface area contributed by atoms with Crippen LogP contribution in [-0.4, -0.2) is 19.1 Å². The molecular weight excluding hydrogens is 238 g/mol. The van der Waals surface area contributed by atoms with Crippen molar-refractivity contribution in [2.45, 2.75) is 40.0 Å². The molecule has 0 aromatic heterocycles. The Balaban J connectivity index is 2.08. The summed E-state index contributed by atoms with van der Waals surface area (Å²) < 4.78 is 5.17. The van der Waals surface area contributed by atoms with Crippen LogP contribution in [0.1, 0.15) is 38.7 Å². The minimum absolute atomic E-state index is 0.122. The van der Waals surface area contributed by atoms with Crippen LogP contribution in [0.5, 0.6) is 0 Å². The van der Waals surface area contributed by atoms with Gasteiger partial charge in [0, 0.05) is 12.2 Å². The first kappa shape index (κ1) is 15.5. The fourth-order valence-corrected chi connectivity index (χ4v) is 1.73. The first-order valence-corrected chi connectivity index (χ1v) is 7.04. The third kappa shape index (κ3) is 7.50. The second-order valence-electron chi connectivity index (χ2n) is 5.30. The van der Waals surface area contributed by atoms with Gasteiger partial charge in [-0.2, -0.15) is 0 Å². The van der Waals surface area contributed by atoms with E-state index in [9.17, 15) is 4.79 Å². The molecular formula is C16H25NO2. The largest absolute Gasteiger partial charge is 0.466 e. The van der Waals surface area contributed by atoms with Crippen molar-refractivity contribution in [2.24, 2.45) is 5.92 Å². The van der Waals surface area contributed by atoms with Crippen molar-refractivity contribution in [3.05, 3.63) is 29.8 Å². The van der Waals surface area contributed by atoms with E-state index in [1.165, 1.54) is 5.56 Å². The van der Waals surface area contributed by atoms with E-state index in [0.717, 1.165) is 18.5 Å². The van der Waals surface area contributed by atoms with Crippen molar-refractivity contribution in [2.75, 3.05) is 18.5 Å². The predicted octanol–water partition coefficient (Wildman–Crippen LogP) is 3.78. The molecule has 0 bridgehead atoms. The van der Waals surface area contributed by atoms with E-state index < -0.39 is 0 Å². The van der Waals surface area contributed by atoms with Gasteiger partial charge in [-0.15, -0.1) is 0 Å². The molecule has 0 aliphatic rings. The topological polar surface area (TPSA) is 38.3 Å². The van der Waals surface area contributed by atoms with Crippen LogP contribution in [0.25, 0.3) is 0 Å². The Hall–Kier alpha value is -1.51. The molecule has 0 aliphatic heterocycles. The number of benzene rings is 1. The van der Waals surface area contributed by atoms with E-state index >= 15 is 0 Å². The highest BCUT2D eigenvalue weighted by atomic mass is 16.5. The van der Waals surface area contributed by atoms with Crippen LogP contribution in [0.15, 0.2) is 24.3 Å². The molecule has 0 radical (unpaired) electrons. The number of carbonyl (C=O) groups excluding carboxylic acids is 1. The molecule has 0 heterocycles. The van der Waals surface area contributed by atoms with Gasteiger partial charge in [-0.1, -0.05) is 31.5 Å². The molecule has 1 aromatic carbocycles. The standard InChI is InChI=1S/C16H25NO2/c1-13(2)5-4-12-19-16(18)10-11-17-15-8-6-14(3)7-9-15/h6-9,13,17H,4-5,10-12H2,1-3H3. The summed E-state index contributed by atoms with van der Waals surface area (Å²) in [7, 11) is 0. The lowest BCUT2D eigenvalue weighted by molar-refractivity contribution is -0.143. The molecule has 1 N–H and O–H groups in total. The number of aryl methyl sites for hydroxylation is 1. The Bertz CT molecular complexity index is 371. The Morgan fingerprint density at radius 3 is 2.58 bits per heavy atom. The fourth-order valence-electron chi connectivity index (χ4n) is 1.73. The van der Waals surface area contributed by atoms with Crippen LogP contribution in [0.3, 0.4) is 0 Å². The van der Waals surface area contributed by atoms with Crippen molar-refractivity contribution < 1.29 is 9.53 Å². The first-order chi connectivity index (χ1) is 9.08. The van der Waals surface area contributed by atoms with Gasteiger partial charge >= 0.3 is 5.97 Å². The van der Waals surface area contributed by atoms with Gasteiger partial charge in [0.15, 0.2) is 0 Å². The lowest BCUT2D eigenvalue weighted by Gasteiger charge is -2.08. The number of esters is 1. The Kier molecular flexibility index (Phi) is 7.01. The van der Waals surface area contributed by atoms with E-state index in [1.54, 1.807) is 0 Å². The average Bonchev–Trinajstić information content (AvgIpc) is 2.37. The van der Waals surface area contributed by atoms with E-state index in [-0.39, 0.29) is 5.97 Å². The number of rotatable bonds is 8. The first-order valence-electron chi connectivity index (χ1n) is 7.04. The molecule has 0 aliphatic carbocycles. The minimum atomic E-state index is -0.122. The van der Waals surface area contributed by atoms with E-state index in [4.69, 9.17) is 4.74 Å². The number of nitrogens with one attached hydrogen (secondary N) is 1. The third-order valence-electron chi connectivity index (χ3n) is 2.90. The summed E-state index contributed by atoms with van der Waals surface area (Å²) in [5.41, 5.74) is 2.27. The van der Waals surface area contributed by atoms with Crippen molar-refractivity contribution >= 4 is 11.7 Å². The van der Waals surface area contributed by atoms with Gasteiger partial charge in [-0.3, -0.25) is 4.79 Å². The SMILES string of the molecule is Cc1ccc(NCCC(=O)OCCCC(C)C)cc1. The summed E-state index contributed by atoms with van der Waals surface area (Å²) in [5.74, 6) is 0.547. The van der Waals surface area contributed by atoms with Crippen LogP contribution >= 0.6 is 0 Å². The molecule has 3 heteroatoms. The Morgan fingerprint density at radius 2 is 1.95 bits per heavy atom. The Morgan fingerprint density at radius 1 is 1.26 bits per heavy atom. The Labute approximate surface area is 116 Å². The summed E-state index contributed by atoms with van der Waals surface area (Å²) in [6.45, 7) is 7.56. The molecule has 0 amide bonds. The van der Waals surface area contributed by atoms with Crippen LogP contribution in [-0.2, 0) is 9.53 Å². The van der Waals surface area contributed by atoms with E-state index in [0.29, 0.717) is 25.5 Å². The van der Waals surface area contributed by atoms with Gasteiger partial charge < -0.3 is 10.1 Å². The van der Waals surface area contributed by atoms with Gasteiger partial charge in [-0.25, -0.2) is 0 Å². The number of anilines is 1. The highest BCUT2D eigenvalue weighted by Crippen LogP contribution is 2.08. The maximum Gasteiger partial charge on any atom is 0.307 e. The third-order valence-corrected chi connectivity index (χ3v) is 2.90. The number of hydrogen-bond acceptors (Lipinski definition) is 3. The average molecular weight is 263 g/mol. The monoisotopic (exact) mass is 263 g/mol. The highest BCUT2D eigenvalue weighted by molar-refractivity contribution is 5.70. The lowest BCUT2D eigenvalue weighted by atomic mass is 10.1. The zero-order chi connectivity index (χ0) is 14.1. The molecule has 106 valence electrons. The number of ether oxygens (including phenoxy) is 1. The van der Waals surface area contributed by atoms with Crippen LogP contribution < -0.4 is 5.32 Å². The van der Waals surface area contributed by atoms with Crippen molar-refractivity contribution in [1.82, 2.24) is 0 Å². The summed E-state index contributed by atoms with van der Waals surface area (Å²) in [5, 5.41) is 3.21. The molecule has 0 spiro atoms.